The van der Waals surface area contributed by atoms with E-state index in [1.807, 2.05) is 12.1 Å². The van der Waals surface area contributed by atoms with Gasteiger partial charge in [0.2, 0.25) is 0 Å². The Labute approximate surface area is 174 Å². The molecule has 0 N–H and O–H groups in total. The number of hydrogen-bond acceptors (Lipinski definition) is 0. The van der Waals surface area contributed by atoms with Crippen molar-refractivity contribution in [1.29, 1.82) is 0 Å². The van der Waals surface area contributed by atoms with Gasteiger partial charge in [-0.1, -0.05) is 49.2 Å². The number of halogens is 4. The van der Waals surface area contributed by atoms with Crippen molar-refractivity contribution in [1.82, 2.24) is 0 Å². The molecule has 2 aromatic rings. The van der Waals surface area contributed by atoms with Gasteiger partial charge in [-0.15, -0.1) is 47.5 Å². The second-order valence-corrected chi connectivity index (χ2v) is 5.62. The zero-order chi connectivity index (χ0) is 19.5. The molecule has 0 spiro atoms. The Kier molecular flexibility index (Phi) is 10.4. The predicted octanol–water partition coefficient (Wildman–Crippen LogP) is 6.96. The number of hydrogen-bond donors (Lipinski definition) is 0. The van der Waals surface area contributed by atoms with Crippen LogP contribution in [0, 0.1) is 12.2 Å². The molecule has 0 saturated heterocycles. The third kappa shape index (κ3) is 9.59. The van der Waals surface area contributed by atoms with E-state index in [-0.39, 0.29) is 17.4 Å². The summed E-state index contributed by atoms with van der Waals surface area (Å²) in [5.41, 5.74) is 4.98. The van der Waals surface area contributed by atoms with E-state index in [1.54, 1.807) is 0 Å². The molecule has 0 saturated carbocycles. The van der Waals surface area contributed by atoms with Gasteiger partial charge in [0, 0.05) is 0 Å². The second-order valence-electron chi connectivity index (χ2n) is 5.62. The monoisotopic (exact) mass is 421 g/mol. The smallest absolute Gasteiger partial charge is 0.418 e. The van der Waals surface area contributed by atoms with Crippen LogP contribution in [0.15, 0.2) is 85.0 Å². The molecule has 0 heterocycles. The second kappa shape index (κ2) is 12.2. The summed E-state index contributed by atoms with van der Waals surface area (Å²) in [7, 11) is -6.00. The van der Waals surface area contributed by atoms with Crippen LogP contribution in [-0.2, 0) is 17.4 Å². The molecule has 0 bridgehead atoms. The SMILES string of the molecule is F[B-](F)(F)F.[C-]1=C(c2ccccc2)C=CC1.[C-]1=C(c2ccccc2)C=CC1.[Cr+2]. The summed E-state index contributed by atoms with van der Waals surface area (Å²) in [5, 5.41) is 0. The van der Waals surface area contributed by atoms with Gasteiger partial charge >= 0.3 is 24.6 Å². The maximum atomic E-state index is 9.75. The van der Waals surface area contributed by atoms with Crippen LogP contribution in [0.1, 0.15) is 24.0 Å². The molecule has 0 atom stereocenters. The summed E-state index contributed by atoms with van der Waals surface area (Å²) < 4.78 is 39.0. The Morgan fingerprint density at radius 1 is 0.607 bits per heavy atom. The first-order valence-corrected chi connectivity index (χ1v) is 8.46. The van der Waals surface area contributed by atoms with Crippen molar-refractivity contribution in [2.45, 2.75) is 12.8 Å². The van der Waals surface area contributed by atoms with Gasteiger partial charge in [0.25, 0.3) is 0 Å². The van der Waals surface area contributed by atoms with Crippen molar-refractivity contribution in [3.05, 3.63) is 108 Å². The van der Waals surface area contributed by atoms with E-state index in [0.29, 0.717) is 0 Å². The van der Waals surface area contributed by atoms with Crippen molar-refractivity contribution < 1.29 is 34.6 Å². The maximum Gasteiger partial charge on any atom is 2.00 e. The summed E-state index contributed by atoms with van der Waals surface area (Å²) in [6.45, 7) is 0. The molecular weight excluding hydrogens is 403 g/mol. The van der Waals surface area contributed by atoms with Crippen LogP contribution in [0.5, 0.6) is 0 Å². The predicted molar refractivity (Wildman–Crippen MR) is 104 cm³/mol. The van der Waals surface area contributed by atoms with Crippen LogP contribution < -0.4 is 0 Å². The maximum absolute atomic E-state index is 9.75. The number of rotatable bonds is 2. The van der Waals surface area contributed by atoms with Crippen molar-refractivity contribution in [3.8, 4) is 0 Å². The van der Waals surface area contributed by atoms with Crippen LogP contribution >= 0.6 is 0 Å². The fraction of sp³-hybridized carbons (Fsp3) is 0.0909. The molecule has 0 nitrogen and oxygen atoms in total. The molecule has 0 radical (unpaired) electrons. The summed E-state index contributed by atoms with van der Waals surface area (Å²) in [6.07, 6.45) is 17.0. The Hall–Kier alpha value is -2.28. The van der Waals surface area contributed by atoms with Gasteiger partial charge in [0.1, 0.15) is 0 Å². The van der Waals surface area contributed by atoms with Gasteiger partial charge < -0.3 is 17.3 Å². The molecule has 2 aliphatic carbocycles. The van der Waals surface area contributed by atoms with E-state index in [9.17, 15) is 17.3 Å². The first kappa shape index (κ1) is 23.8. The molecule has 0 aliphatic heterocycles. The van der Waals surface area contributed by atoms with Crippen molar-refractivity contribution in [2.75, 3.05) is 0 Å². The molecule has 2 aliphatic rings. The molecule has 0 fully saturated rings. The van der Waals surface area contributed by atoms with E-state index >= 15 is 0 Å². The fourth-order valence-corrected chi connectivity index (χ4v) is 2.44. The Bertz CT molecular complexity index is 751. The molecule has 2 aromatic carbocycles. The largest absolute Gasteiger partial charge is 2.00 e. The minimum atomic E-state index is -6.00. The van der Waals surface area contributed by atoms with Gasteiger partial charge in [-0.3, -0.25) is 0 Å². The zero-order valence-corrected chi connectivity index (χ0v) is 16.3. The quantitative estimate of drug-likeness (QED) is 0.279. The number of benzene rings is 2. The first-order valence-electron chi connectivity index (χ1n) is 8.46. The van der Waals surface area contributed by atoms with Crippen molar-refractivity contribution in [3.63, 3.8) is 0 Å². The van der Waals surface area contributed by atoms with Crippen molar-refractivity contribution in [2.24, 2.45) is 0 Å². The molecule has 144 valence electrons. The van der Waals surface area contributed by atoms with Gasteiger partial charge in [0.15, 0.2) is 0 Å². The standard InChI is InChI=1S/2C11H9.BF4.Cr/c2*1-2-6-10(7-3-1)11-8-4-5-9-11;2-1(3,4)5;/h2*1-4,6-8H,5H2;;/q3*-1;+2. The molecule has 0 amide bonds. The van der Waals surface area contributed by atoms with Gasteiger partial charge in [-0.2, -0.15) is 35.5 Å². The fourth-order valence-electron chi connectivity index (χ4n) is 2.44. The summed E-state index contributed by atoms with van der Waals surface area (Å²) in [5.74, 6) is 0. The molecule has 0 unspecified atom stereocenters. The van der Waals surface area contributed by atoms with Gasteiger partial charge in [-0.25, -0.2) is 0 Å². The van der Waals surface area contributed by atoms with Crippen LogP contribution in [0.3, 0.4) is 0 Å². The average Bonchev–Trinajstić information content (AvgIpc) is 3.37. The first-order chi connectivity index (χ1) is 12.9. The van der Waals surface area contributed by atoms with Crippen molar-refractivity contribution >= 4 is 18.4 Å². The van der Waals surface area contributed by atoms with Crippen LogP contribution in [0.2, 0.25) is 0 Å². The Balaban J connectivity index is 0.000000222. The average molecular weight is 421 g/mol. The van der Waals surface area contributed by atoms with E-state index in [2.05, 4.69) is 85.0 Å². The number of allylic oxidation sites excluding steroid dienone is 8. The topological polar surface area (TPSA) is 0 Å². The third-order valence-corrected chi connectivity index (χ3v) is 3.56. The minimum Gasteiger partial charge on any atom is -0.418 e. The van der Waals surface area contributed by atoms with Gasteiger partial charge in [0.05, 0.1) is 0 Å². The Morgan fingerprint density at radius 3 is 1.18 bits per heavy atom. The van der Waals surface area contributed by atoms with Gasteiger partial charge in [-0.05, 0) is 0 Å². The summed E-state index contributed by atoms with van der Waals surface area (Å²) in [4.78, 5) is 0. The van der Waals surface area contributed by atoms with Crippen LogP contribution in [0.4, 0.5) is 17.3 Å². The minimum absolute atomic E-state index is 0. The third-order valence-electron chi connectivity index (χ3n) is 3.56. The molecule has 6 heteroatoms. The zero-order valence-electron chi connectivity index (χ0n) is 15.0. The van der Waals surface area contributed by atoms with E-state index in [4.69, 9.17) is 0 Å². The van der Waals surface area contributed by atoms with E-state index in [0.717, 1.165) is 12.8 Å². The van der Waals surface area contributed by atoms with Crippen LogP contribution in [0.25, 0.3) is 11.1 Å². The van der Waals surface area contributed by atoms with E-state index < -0.39 is 7.25 Å². The molecular formula is C22H18BCrF4-. The molecule has 4 rings (SSSR count). The summed E-state index contributed by atoms with van der Waals surface area (Å²) >= 11 is 0. The summed E-state index contributed by atoms with van der Waals surface area (Å²) in [6, 6.07) is 20.7. The molecule has 28 heavy (non-hydrogen) atoms. The normalized spacial score (nSPS) is 14.0. The Morgan fingerprint density at radius 2 is 0.929 bits per heavy atom. The van der Waals surface area contributed by atoms with Crippen LogP contribution in [-0.4, -0.2) is 7.25 Å². The van der Waals surface area contributed by atoms with E-state index in [1.165, 1.54) is 22.3 Å². The molecule has 0 aromatic heterocycles.